The number of carbonyl (C=O) groups excluding carboxylic acids is 2. The van der Waals surface area contributed by atoms with E-state index in [1.165, 1.54) is 0 Å². The van der Waals surface area contributed by atoms with Crippen LogP contribution in [-0.2, 0) is 0 Å². The Hall–Kier alpha value is -2.04. The van der Waals surface area contributed by atoms with Gasteiger partial charge in [0.15, 0.2) is 0 Å². The first-order chi connectivity index (χ1) is 11.5. The maximum atomic E-state index is 12.6. The molecule has 0 radical (unpaired) electrons. The van der Waals surface area contributed by atoms with E-state index in [0.717, 1.165) is 37.2 Å². The number of nitrogens with one attached hydrogen (secondary N) is 1. The topological polar surface area (TPSA) is 52.7 Å². The van der Waals surface area contributed by atoms with Gasteiger partial charge in [0.1, 0.15) is 0 Å². The molecule has 0 aromatic heterocycles. The molecule has 5 nitrogen and oxygen atoms in total. The molecule has 1 saturated heterocycles. The number of nitrogens with zero attached hydrogens (tertiary/aromatic N) is 2. The zero-order chi connectivity index (χ0) is 17.7. The van der Waals surface area contributed by atoms with Crippen LogP contribution in [0.5, 0.6) is 0 Å². The monoisotopic (exact) mass is 331 g/mol. The SMILES string of the molecule is CCN(CC)C(=O)Nc1ccc(C(=O)N2CCC(C)CC2)cc1C. The first-order valence-electron chi connectivity index (χ1n) is 8.92. The number of likely N-dealkylation sites (tertiary alicyclic amines) is 1. The number of hydrogen-bond acceptors (Lipinski definition) is 2. The highest BCUT2D eigenvalue weighted by atomic mass is 16.2. The Kier molecular flexibility index (Phi) is 6.23. The standard InChI is InChI=1S/C19H29N3O2/c1-5-21(6-2)19(24)20-17-8-7-16(13-15(17)4)18(23)22-11-9-14(3)10-12-22/h7-8,13-14H,5-6,9-12H2,1-4H3,(H,20,24). The molecule has 24 heavy (non-hydrogen) atoms. The normalized spacial score (nSPS) is 15.2. The summed E-state index contributed by atoms with van der Waals surface area (Å²) < 4.78 is 0. The highest BCUT2D eigenvalue weighted by molar-refractivity contribution is 5.96. The van der Waals surface area contributed by atoms with Crippen molar-refractivity contribution >= 4 is 17.6 Å². The molecule has 0 saturated carbocycles. The van der Waals surface area contributed by atoms with Crippen LogP contribution in [0.25, 0.3) is 0 Å². The number of carbonyl (C=O) groups is 2. The zero-order valence-electron chi connectivity index (χ0n) is 15.3. The minimum absolute atomic E-state index is 0.0895. The van der Waals surface area contributed by atoms with Crippen molar-refractivity contribution in [3.05, 3.63) is 29.3 Å². The van der Waals surface area contributed by atoms with Gasteiger partial charge in [-0.1, -0.05) is 6.92 Å². The Morgan fingerprint density at radius 1 is 1.21 bits per heavy atom. The third-order valence-electron chi connectivity index (χ3n) is 4.84. The van der Waals surface area contributed by atoms with Crippen LogP contribution in [0.15, 0.2) is 18.2 Å². The molecule has 0 aliphatic carbocycles. The molecule has 0 spiro atoms. The summed E-state index contributed by atoms with van der Waals surface area (Å²) in [6.45, 7) is 11.1. The molecule has 0 unspecified atom stereocenters. The van der Waals surface area contributed by atoms with Crippen molar-refractivity contribution < 1.29 is 9.59 Å². The van der Waals surface area contributed by atoms with Gasteiger partial charge in [-0.05, 0) is 63.3 Å². The first kappa shape index (κ1) is 18.3. The average molecular weight is 331 g/mol. The van der Waals surface area contributed by atoms with E-state index in [1.807, 2.05) is 43.9 Å². The van der Waals surface area contributed by atoms with Crippen molar-refractivity contribution in [2.24, 2.45) is 5.92 Å². The van der Waals surface area contributed by atoms with Crippen LogP contribution in [0.4, 0.5) is 10.5 Å². The Bertz CT molecular complexity index is 588. The summed E-state index contributed by atoms with van der Waals surface area (Å²) >= 11 is 0. The van der Waals surface area contributed by atoms with E-state index in [2.05, 4.69) is 12.2 Å². The molecule has 1 aliphatic rings. The van der Waals surface area contributed by atoms with Crippen molar-refractivity contribution in [1.29, 1.82) is 0 Å². The Morgan fingerprint density at radius 3 is 2.38 bits per heavy atom. The summed E-state index contributed by atoms with van der Waals surface area (Å²) in [6.07, 6.45) is 2.14. The molecule has 1 aromatic rings. The Balaban J connectivity index is 2.06. The summed E-state index contributed by atoms with van der Waals surface area (Å²) in [7, 11) is 0. The molecule has 5 heteroatoms. The highest BCUT2D eigenvalue weighted by Crippen LogP contribution is 2.21. The van der Waals surface area contributed by atoms with Crippen LogP contribution >= 0.6 is 0 Å². The summed E-state index contributed by atoms with van der Waals surface area (Å²) in [6, 6.07) is 5.41. The third kappa shape index (κ3) is 4.28. The molecule has 0 atom stereocenters. The van der Waals surface area contributed by atoms with Gasteiger partial charge in [-0.25, -0.2) is 4.79 Å². The lowest BCUT2D eigenvalue weighted by Crippen LogP contribution is -2.38. The number of amides is 3. The maximum Gasteiger partial charge on any atom is 0.321 e. The van der Waals surface area contributed by atoms with Gasteiger partial charge in [0, 0.05) is 37.4 Å². The predicted octanol–water partition coefficient (Wildman–Crippen LogP) is 3.74. The van der Waals surface area contributed by atoms with Crippen LogP contribution in [0.2, 0.25) is 0 Å². The number of benzene rings is 1. The van der Waals surface area contributed by atoms with E-state index in [0.29, 0.717) is 24.6 Å². The number of piperidine rings is 1. The summed E-state index contributed by atoms with van der Waals surface area (Å²) in [5.41, 5.74) is 2.37. The second kappa shape index (κ2) is 8.18. The second-order valence-electron chi connectivity index (χ2n) is 6.61. The van der Waals surface area contributed by atoms with Gasteiger partial charge >= 0.3 is 6.03 Å². The number of urea groups is 1. The Labute approximate surface area is 145 Å². The van der Waals surface area contributed by atoms with Crippen molar-refractivity contribution in [2.45, 2.75) is 40.5 Å². The molecule has 132 valence electrons. The maximum absolute atomic E-state index is 12.6. The molecule has 0 bridgehead atoms. The predicted molar refractivity (Wildman–Crippen MR) is 97.4 cm³/mol. The quantitative estimate of drug-likeness (QED) is 0.914. The number of anilines is 1. The summed E-state index contributed by atoms with van der Waals surface area (Å²) in [5, 5.41) is 2.93. The van der Waals surface area contributed by atoms with Crippen LogP contribution < -0.4 is 5.32 Å². The molecular formula is C19H29N3O2. The fourth-order valence-corrected chi connectivity index (χ4v) is 3.04. The van der Waals surface area contributed by atoms with Gasteiger partial charge < -0.3 is 15.1 Å². The fraction of sp³-hybridized carbons (Fsp3) is 0.579. The van der Waals surface area contributed by atoms with Gasteiger partial charge in [0.25, 0.3) is 5.91 Å². The highest BCUT2D eigenvalue weighted by Gasteiger charge is 2.22. The first-order valence-corrected chi connectivity index (χ1v) is 8.92. The molecule has 1 heterocycles. The van der Waals surface area contributed by atoms with E-state index in [9.17, 15) is 9.59 Å². The van der Waals surface area contributed by atoms with Crippen LogP contribution in [0, 0.1) is 12.8 Å². The average Bonchev–Trinajstić information content (AvgIpc) is 2.58. The van der Waals surface area contributed by atoms with E-state index in [1.54, 1.807) is 4.90 Å². The smallest absolute Gasteiger partial charge is 0.321 e. The van der Waals surface area contributed by atoms with Crippen LogP contribution in [-0.4, -0.2) is 47.9 Å². The molecule has 1 N–H and O–H groups in total. The molecule has 2 rings (SSSR count). The minimum Gasteiger partial charge on any atom is -0.339 e. The van der Waals surface area contributed by atoms with Crippen molar-refractivity contribution in [3.8, 4) is 0 Å². The van der Waals surface area contributed by atoms with E-state index < -0.39 is 0 Å². The second-order valence-corrected chi connectivity index (χ2v) is 6.61. The summed E-state index contributed by atoms with van der Waals surface area (Å²) in [5.74, 6) is 0.792. The van der Waals surface area contributed by atoms with Crippen molar-refractivity contribution in [3.63, 3.8) is 0 Å². The molecular weight excluding hydrogens is 302 g/mol. The molecule has 1 aromatic carbocycles. The lowest BCUT2D eigenvalue weighted by Gasteiger charge is -2.30. The number of aryl methyl sites for hydroxylation is 1. The number of rotatable bonds is 4. The van der Waals surface area contributed by atoms with Crippen molar-refractivity contribution in [1.82, 2.24) is 9.80 Å². The lowest BCUT2D eigenvalue weighted by atomic mass is 9.98. The van der Waals surface area contributed by atoms with Crippen LogP contribution in [0.1, 0.15) is 49.5 Å². The van der Waals surface area contributed by atoms with Crippen LogP contribution in [0.3, 0.4) is 0 Å². The van der Waals surface area contributed by atoms with E-state index >= 15 is 0 Å². The van der Waals surface area contributed by atoms with Crippen molar-refractivity contribution in [2.75, 3.05) is 31.5 Å². The Morgan fingerprint density at radius 2 is 1.83 bits per heavy atom. The largest absolute Gasteiger partial charge is 0.339 e. The van der Waals surface area contributed by atoms with E-state index in [4.69, 9.17) is 0 Å². The molecule has 1 fully saturated rings. The zero-order valence-corrected chi connectivity index (χ0v) is 15.3. The van der Waals surface area contributed by atoms with Gasteiger partial charge in [0.05, 0.1) is 0 Å². The van der Waals surface area contributed by atoms with Gasteiger partial charge in [-0.3, -0.25) is 4.79 Å². The fourth-order valence-electron chi connectivity index (χ4n) is 3.04. The number of hydrogen-bond donors (Lipinski definition) is 1. The molecule has 3 amide bonds. The lowest BCUT2D eigenvalue weighted by molar-refractivity contribution is 0.0697. The third-order valence-corrected chi connectivity index (χ3v) is 4.84. The van der Waals surface area contributed by atoms with Gasteiger partial charge in [-0.2, -0.15) is 0 Å². The van der Waals surface area contributed by atoms with Gasteiger partial charge in [-0.15, -0.1) is 0 Å². The minimum atomic E-state index is -0.104. The van der Waals surface area contributed by atoms with Gasteiger partial charge in [0.2, 0.25) is 0 Å². The summed E-state index contributed by atoms with van der Waals surface area (Å²) in [4.78, 5) is 28.4. The molecule has 1 aliphatic heterocycles. The van der Waals surface area contributed by atoms with E-state index in [-0.39, 0.29) is 11.9 Å².